The van der Waals surface area contributed by atoms with Gasteiger partial charge in [-0.05, 0) is 55.2 Å². The van der Waals surface area contributed by atoms with Crippen LogP contribution in [0.5, 0.6) is 0 Å². The van der Waals surface area contributed by atoms with Gasteiger partial charge in [0.2, 0.25) is 0 Å². The maximum atomic E-state index is 2.48. The highest BCUT2D eigenvalue weighted by atomic mass is 14.1. The summed E-state index contributed by atoms with van der Waals surface area (Å²) < 4.78 is 0. The average Bonchev–Trinajstić information content (AvgIpc) is 2.38. The van der Waals surface area contributed by atoms with Crippen LogP contribution in [-0.4, -0.2) is 0 Å². The summed E-state index contributed by atoms with van der Waals surface area (Å²) in [5.41, 5.74) is 4.83. The Morgan fingerprint density at radius 3 is 2.47 bits per heavy atom. The molecule has 1 aliphatic carbocycles. The van der Waals surface area contributed by atoms with Gasteiger partial charge in [-0.15, -0.1) is 0 Å². The SMILES string of the molecule is CCCCCCCc1ccc2c(c1)CCCC2. The first-order valence-corrected chi connectivity index (χ1v) is 7.51. The molecule has 0 heteroatoms. The van der Waals surface area contributed by atoms with Crippen LogP contribution in [0.3, 0.4) is 0 Å². The van der Waals surface area contributed by atoms with Crippen LogP contribution in [0.15, 0.2) is 18.2 Å². The normalized spacial score (nSPS) is 14.6. The molecule has 0 fully saturated rings. The van der Waals surface area contributed by atoms with Gasteiger partial charge in [-0.2, -0.15) is 0 Å². The van der Waals surface area contributed by atoms with E-state index in [4.69, 9.17) is 0 Å². The Morgan fingerprint density at radius 2 is 1.65 bits per heavy atom. The van der Waals surface area contributed by atoms with Crippen LogP contribution in [0.4, 0.5) is 0 Å². The molecule has 0 amide bonds. The van der Waals surface area contributed by atoms with Crippen molar-refractivity contribution in [2.45, 2.75) is 71.1 Å². The van der Waals surface area contributed by atoms with E-state index < -0.39 is 0 Å². The minimum atomic E-state index is 1.29. The minimum absolute atomic E-state index is 1.29. The summed E-state index contributed by atoms with van der Waals surface area (Å²) in [6.45, 7) is 2.28. The zero-order valence-electron chi connectivity index (χ0n) is 11.3. The lowest BCUT2D eigenvalue weighted by Gasteiger charge is -2.16. The quantitative estimate of drug-likeness (QED) is 0.598. The fourth-order valence-electron chi connectivity index (χ4n) is 2.87. The summed E-state index contributed by atoms with van der Waals surface area (Å²) in [6.07, 6.45) is 13.7. The van der Waals surface area contributed by atoms with Gasteiger partial charge in [-0.1, -0.05) is 50.8 Å². The van der Waals surface area contributed by atoms with Crippen LogP contribution in [0.1, 0.15) is 68.6 Å². The average molecular weight is 230 g/mol. The van der Waals surface area contributed by atoms with E-state index in [2.05, 4.69) is 25.1 Å². The van der Waals surface area contributed by atoms with Gasteiger partial charge in [-0.3, -0.25) is 0 Å². The van der Waals surface area contributed by atoms with E-state index in [1.54, 1.807) is 16.7 Å². The number of fused-ring (bicyclic) bond motifs is 1. The molecule has 0 nitrogen and oxygen atoms in total. The van der Waals surface area contributed by atoms with Gasteiger partial charge >= 0.3 is 0 Å². The predicted molar refractivity (Wildman–Crippen MR) is 75.5 cm³/mol. The van der Waals surface area contributed by atoms with Gasteiger partial charge in [0.25, 0.3) is 0 Å². The van der Waals surface area contributed by atoms with Crippen LogP contribution in [0, 0.1) is 0 Å². The van der Waals surface area contributed by atoms with E-state index in [0.29, 0.717) is 0 Å². The minimum Gasteiger partial charge on any atom is -0.0654 e. The number of hydrogen-bond donors (Lipinski definition) is 0. The van der Waals surface area contributed by atoms with Crippen LogP contribution in [0.2, 0.25) is 0 Å². The molecule has 2 rings (SSSR count). The smallest absolute Gasteiger partial charge is 0.0276 e. The van der Waals surface area contributed by atoms with Gasteiger partial charge in [-0.25, -0.2) is 0 Å². The molecule has 0 radical (unpaired) electrons. The second kappa shape index (κ2) is 6.83. The Bertz CT molecular complexity index is 338. The summed E-state index contributed by atoms with van der Waals surface area (Å²) in [7, 11) is 0. The molecule has 1 aromatic rings. The Hall–Kier alpha value is -0.780. The van der Waals surface area contributed by atoms with E-state index in [1.165, 1.54) is 64.2 Å². The van der Waals surface area contributed by atoms with Crippen molar-refractivity contribution in [1.82, 2.24) is 0 Å². The van der Waals surface area contributed by atoms with Crippen molar-refractivity contribution in [2.75, 3.05) is 0 Å². The molecule has 0 saturated carbocycles. The Labute approximate surface area is 106 Å². The fraction of sp³-hybridized carbons (Fsp3) is 0.647. The summed E-state index contributed by atoms with van der Waals surface area (Å²) in [4.78, 5) is 0. The molecule has 0 unspecified atom stereocenters. The lowest BCUT2D eigenvalue weighted by Crippen LogP contribution is -2.03. The summed E-state index contributed by atoms with van der Waals surface area (Å²) in [6, 6.07) is 7.23. The van der Waals surface area contributed by atoms with Crippen molar-refractivity contribution in [3.63, 3.8) is 0 Å². The second-order valence-electron chi connectivity index (χ2n) is 5.47. The molecular formula is C17H26. The Balaban J connectivity index is 1.81. The maximum Gasteiger partial charge on any atom is -0.0276 e. The van der Waals surface area contributed by atoms with Crippen LogP contribution < -0.4 is 0 Å². The van der Waals surface area contributed by atoms with Crippen molar-refractivity contribution in [2.24, 2.45) is 0 Å². The lowest BCUT2D eigenvalue weighted by atomic mass is 9.89. The first-order chi connectivity index (χ1) is 8.40. The Morgan fingerprint density at radius 1 is 0.882 bits per heavy atom. The summed E-state index contributed by atoms with van der Waals surface area (Å²) in [5, 5.41) is 0. The molecule has 1 aliphatic rings. The number of rotatable bonds is 6. The predicted octanol–water partition coefficient (Wildman–Crippen LogP) is 5.08. The molecule has 0 saturated heterocycles. The van der Waals surface area contributed by atoms with Crippen molar-refractivity contribution < 1.29 is 0 Å². The van der Waals surface area contributed by atoms with Gasteiger partial charge in [0.15, 0.2) is 0 Å². The molecule has 94 valence electrons. The molecule has 0 aromatic heterocycles. The van der Waals surface area contributed by atoms with E-state index in [1.807, 2.05) is 0 Å². The molecule has 1 aromatic carbocycles. The number of benzene rings is 1. The highest BCUT2D eigenvalue weighted by molar-refractivity contribution is 5.33. The monoisotopic (exact) mass is 230 g/mol. The standard InChI is InChI=1S/C17H26/c1-2-3-4-5-6-9-15-12-13-16-10-7-8-11-17(16)14-15/h12-14H,2-11H2,1H3. The third-order valence-electron chi connectivity index (χ3n) is 3.98. The topological polar surface area (TPSA) is 0 Å². The van der Waals surface area contributed by atoms with E-state index in [0.717, 1.165) is 0 Å². The maximum absolute atomic E-state index is 2.48. The van der Waals surface area contributed by atoms with E-state index >= 15 is 0 Å². The van der Waals surface area contributed by atoms with Gasteiger partial charge in [0.05, 0.1) is 0 Å². The van der Waals surface area contributed by atoms with Gasteiger partial charge in [0.1, 0.15) is 0 Å². The third-order valence-corrected chi connectivity index (χ3v) is 3.98. The van der Waals surface area contributed by atoms with Crippen molar-refractivity contribution >= 4 is 0 Å². The molecule has 0 aliphatic heterocycles. The molecular weight excluding hydrogens is 204 g/mol. The van der Waals surface area contributed by atoms with Crippen LogP contribution in [-0.2, 0) is 19.3 Å². The molecule has 0 N–H and O–H groups in total. The number of unbranched alkanes of at least 4 members (excludes halogenated alkanes) is 4. The first-order valence-electron chi connectivity index (χ1n) is 7.51. The van der Waals surface area contributed by atoms with E-state index in [9.17, 15) is 0 Å². The zero-order valence-corrected chi connectivity index (χ0v) is 11.3. The highest BCUT2D eigenvalue weighted by Gasteiger charge is 2.08. The molecule has 17 heavy (non-hydrogen) atoms. The zero-order chi connectivity index (χ0) is 11.9. The molecule has 0 spiro atoms. The highest BCUT2D eigenvalue weighted by Crippen LogP contribution is 2.23. The molecule has 0 bridgehead atoms. The Kier molecular flexibility index (Phi) is 5.09. The number of hydrogen-bond acceptors (Lipinski definition) is 0. The first kappa shape index (κ1) is 12.7. The van der Waals surface area contributed by atoms with Gasteiger partial charge in [0, 0.05) is 0 Å². The molecule has 0 heterocycles. The largest absolute Gasteiger partial charge is 0.0654 e. The van der Waals surface area contributed by atoms with E-state index in [-0.39, 0.29) is 0 Å². The van der Waals surface area contributed by atoms with Crippen LogP contribution >= 0.6 is 0 Å². The fourth-order valence-corrected chi connectivity index (χ4v) is 2.87. The third kappa shape index (κ3) is 3.87. The van der Waals surface area contributed by atoms with Crippen molar-refractivity contribution in [1.29, 1.82) is 0 Å². The summed E-state index contributed by atoms with van der Waals surface area (Å²) >= 11 is 0. The summed E-state index contributed by atoms with van der Waals surface area (Å²) in [5.74, 6) is 0. The van der Waals surface area contributed by atoms with Crippen LogP contribution in [0.25, 0.3) is 0 Å². The second-order valence-corrected chi connectivity index (χ2v) is 5.47. The lowest BCUT2D eigenvalue weighted by molar-refractivity contribution is 0.631. The van der Waals surface area contributed by atoms with Gasteiger partial charge < -0.3 is 0 Å². The van der Waals surface area contributed by atoms with Crippen molar-refractivity contribution in [3.05, 3.63) is 34.9 Å². The number of aryl methyl sites for hydroxylation is 3. The van der Waals surface area contributed by atoms with Crippen molar-refractivity contribution in [3.8, 4) is 0 Å². The molecule has 0 atom stereocenters.